The van der Waals surface area contributed by atoms with Gasteiger partial charge in [0, 0.05) is 11.1 Å². The molecule has 0 fully saturated rings. The number of carbonyl (C=O) groups excluding carboxylic acids is 2. The van der Waals surface area contributed by atoms with Crippen LogP contribution >= 0.6 is 0 Å². The van der Waals surface area contributed by atoms with Gasteiger partial charge in [0.2, 0.25) is 0 Å². The first-order valence-corrected chi connectivity index (χ1v) is 6.38. The molecule has 0 saturated heterocycles. The van der Waals surface area contributed by atoms with Crippen LogP contribution in [0, 0.1) is 5.82 Å². The predicted octanol–water partition coefficient (Wildman–Crippen LogP) is 2.38. The van der Waals surface area contributed by atoms with Crippen molar-refractivity contribution in [2.75, 3.05) is 7.11 Å². The first-order chi connectivity index (χ1) is 10.6. The number of rotatable bonds is 4. The maximum atomic E-state index is 12.8. The third-order valence-corrected chi connectivity index (χ3v) is 2.84. The minimum Gasteiger partial charge on any atom is -0.465 e. The topological polar surface area (TPSA) is 67.8 Å². The molecule has 1 N–H and O–H groups in total. The van der Waals surface area contributed by atoms with Gasteiger partial charge in [0.25, 0.3) is 5.91 Å². The number of amides is 1. The van der Waals surface area contributed by atoms with E-state index in [9.17, 15) is 14.0 Å². The average Bonchev–Trinajstić information content (AvgIpc) is 2.55. The van der Waals surface area contributed by atoms with Crippen molar-refractivity contribution < 1.29 is 18.7 Å². The molecule has 0 saturated carbocycles. The normalized spacial score (nSPS) is 10.5. The van der Waals surface area contributed by atoms with E-state index in [2.05, 4.69) is 15.3 Å². The van der Waals surface area contributed by atoms with Gasteiger partial charge < -0.3 is 4.74 Å². The van der Waals surface area contributed by atoms with Gasteiger partial charge in [-0.05, 0) is 30.3 Å². The van der Waals surface area contributed by atoms with Gasteiger partial charge in [-0.25, -0.2) is 14.6 Å². The fourth-order valence-corrected chi connectivity index (χ4v) is 1.73. The second-order valence-electron chi connectivity index (χ2n) is 4.28. The van der Waals surface area contributed by atoms with Crippen molar-refractivity contribution in [1.29, 1.82) is 0 Å². The highest BCUT2D eigenvalue weighted by molar-refractivity contribution is 6.00. The summed E-state index contributed by atoms with van der Waals surface area (Å²) in [7, 11) is 1.28. The number of methoxy groups -OCH3 is 1. The summed E-state index contributed by atoms with van der Waals surface area (Å²) in [5, 5.41) is 3.79. The monoisotopic (exact) mass is 300 g/mol. The van der Waals surface area contributed by atoms with Gasteiger partial charge >= 0.3 is 5.97 Å². The van der Waals surface area contributed by atoms with Crippen LogP contribution in [0.2, 0.25) is 0 Å². The number of hydrogen-bond donors (Lipinski definition) is 1. The maximum Gasteiger partial charge on any atom is 0.338 e. The highest BCUT2D eigenvalue weighted by Crippen LogP contribution is 2.07. The molecule has 0 aromatic heterocycles. The molecule has 0 radical (unpaired) electrons. The highest BCUT2D eigenvalue weighted by atomic mass is 19.1. The van der Waals surface area contributed by atoms with Crippen LogP contribution in [0.15, 0.2) is 53.6 Å². The van der Waals surface area contributed by atoms with Crippen LogP contribution in [-0.2, 0) is 4.74 Å². The van der Waals surface area contributed by atoms with E-state index in [0.717, 1.165) is 0 Å². The number of ether oxygens (including phenoxy) is 1. The third-order valence-electron chi connectivity index (χ3n) is 2.84. The molecule has 112 valence electrons. The van der Waals surface area contributed by atoms with Gasteiger partial charge in [-0.2, -0.15) is 5.10 Å². The standard InChI is InChI=1S/C16H13FN2O3/c1-22-16(21)14-5-3-2-4-12(14)10-18-19-15(20)11-6-8-13(17)9-7-11/h2-10H,1H3,(H,19,20)/b18-10-. The average molecular weight is 300 g/mol. The molecule has 0 spiro atoms. The summed E-state index contributed by atoms with van der Waals surface area (Å²) >= 11 is 0. The van der Waals surface area contributed by atoms with Crippen LogP contribution in [0.25, 0.3) is 0 Å². The Morgan fingerprint density at radius 1 is 1.14 bits per heavy atom. The molecule has 0 bridgehead atoms. The lowest BCUT2D eigenvalue weighted by Crippen LogP contribution is -2.17. The Hall–Kier alpha value is -3.02. The van der Waals surface area contributed by atoms with Gasteiger partial charge in [-0.15, -0.1) is 0 Å². The van der Waals surface area contributed by atoms with Gasteiger partial charge in [0.05, 0.1) is 18.9 Å². The minimum absolute atomic E-state index is 0.278. The molecule has 0 aliphatic rings. The lowest BCUT2D eigenvalue weighted by molar-refractivity contribution is 0.0600. The highest BCUT2D eigenvalue weighted by Gasteiger charge is 2.09. The first-order valence-electron chi connectivity index (χ1n) is 6.38. The first kappa shape index (κ1) is 15.4. The summed E-state index contributed by atoms with van der Waals surface area (Å²) in [4.78, 5) is 23.4. The fraction of sp³-hybridized carbons (Fsp3) is 0.0625. The third kappa shape index (κ3) is 3.76. The summed E-state index contributed by atoms with van der Waals surface area (Å²) in [5.74, 6) is -1.40. The number of nitrogens with one attached hydrogen (secondary N) is 1. The van der Waals surface area contributed by atoms with E-state index in [-0.39, 0.29) is 5.56 Å². The van der Waals surface area contributed by atoms with E-state index in [0.29, 0.717) is 11.1 Å². The van der Waals surface area contributed by atoms with E-state index < -0.39 is 17.7 Å². The summed E-state index contributed by atoms with van der Waals surface area (Å²) in [6.45, 7) is 0. The van der Waals surface area contributed by atoms with Crippen molar-refractivity contribution in [1.82, 2.24) is 5.43 Å². The molecule has 2 aromatic carbocycles. The molecule has 2 aromatic rings. The maximum absolute atomic E-state index is 12.8. The minimum atomic E-state index is -0.494. The molecule has 0 atom stereocenters. The number of nitrogens with zero attached hydrogens (tertiary/aromatic N) is 1. The summed E-state index contributed by atoms with van der Waals surface area (Å²) in [6, 6.07) is 11.8. The molecule has 0 aliphatic carbocycles. The fourth-order valence-electron chi connectivity index (χ4n) is 1.73. The summed E-state index contributed by atoms with van der Waals surface area (Å²) in [5.41, 5.74) is 3.43. The molecule has 6 heteroatoms. The van der Waals surface area contributed by atoms with Gasteiger partial charge in [-0.1, -0.05) is 18.2 Å². The van der Waals surface area contributed by atoms with Crippen molar-refractivity contribution in [2.24, 2.45) is 5.10 Å². The van der Waals surface area contributed by atoms with Crippen LogP contribution in [0.1, 0.15) is 26.3 Å². The zero-order valence-corrected chi connectivity index (χ0v) is 11.7. The Balaban J connectivity index is 2.08. The molecule has 0 aliphatic heterocycles. The molecule has 5 nitrogen and oxygen atoms in total. The van der Waals surface area contributed by atoms with Crippen molar-refractivity contribution in [2.45, 2.75) is 0 Å². The summed E-state index contributed by atoms with van der Waals surface area (Å²) in [6.07, 6.45) is 1.34. The Morgan fingerprint density at radius 2 is 1.82 bits per heavy atom. The van der Waals surface area contributed by atoms with E-state index in [4.69, 9.17) is 0 Å². The molecule has 0 unspecified atom stereocenters. The number of benzene rings is 2. The number of esters is 1. The Morgan fingerprint density at radius 3 is 2.50 bits per heavy atom. The van der Waals surface area contributed by atoms with Crippen molar-refractivity contribution >= 4 is 18.1 Å². The number of hydrogen-bond acceptors (Lipinski definition) is 4. The second kappa shape index (κ2) is 7.12. The van der Waals surface area contributed by atoms with Crippen LogP contribution in [0.4, 0.5) is 4.39 Å². The second-order valence-corrected chi connectivity index (χ2v) is 4.28. The smallest absolute Gasteiger partial charge is 0.338 e. The molecule has 22 heavy (non-hydrogen) atoms. The lowest BCUT2D eigenvalue weighted by Gasteiger charge is -2.03. The zero-order chi connectivity index (χ0) is 15.9. The summed E-state index contributed by atoms with van der Waals surface area (Å²) < 4.78 is 17.4. The largest absolute Gasteiger partial charge is 0.465 e. The van der Waals surface area contributed by atoms with Gasteiger partial charge in [-0.3, -0.25) is 4.79 Å². The van der Waals surface area contributed by atoms with E-state index in [1.54, 1.807) is 24.3 Å². The van der Waals surface area contributed by atoms with Crippen molar-refractivity contribution in [3.8, 4) is 0 Å². The Labute approximate surface area is 126 Å². The quantitative estimate of drug-likeness (QED) is 0.535. The van der Waals surface area contributed by atoms with Crippen LogP contribution in [-0.4, -0.2) is 25.2 Å². The van der Waals surface area contributed by atoms with Crippen molar-refractivity contribution in [3.63, 3.8) is 0 Å². The molecular formula is C16H13FN2O3. The van der Waals surface area contributed by atoms with Crippen LogP contribution in [0.3, 0.4) is 0 Å². The van der Waals surface area contributed by atoms with E-state index >= 15 is 0 Å². The van der Waals surface area contributed by atoms with Gasteiger partial charge in [0.15, 0.2) is 0 Å². The molecular weight excluding hydrogens is 287 g/mol. The van der Waals surface area contributed by atoms with Gasteiger partial charge in [0.1, 0.15) is 5.82 Å². The van der Waals surface area contributed by atoms with Crippen LogP contribution < -0.4 is 5.43 Å². The number of halogens is 1. The van der Waals surface area contributed by atoms with E-state index in [1.807, 2.05) is 0 Å². The lowest BCUT2D eigenvalue weighted by atomic mass is 10.1. The Kier molecular flexibility index (Phi) is 4.98. The molecule has 0 heterocycles. The predicted molar refractivity (Wildman–Crippen MR) is 79.2 cm³/mol. The number of carbonyl (C=O) groups is 2. The SMILES string of the molecule is COC(=O)c1ccccc1/C=N\NC(=O)c1ccc(F)cc1. The zero-order valence-electron chi connectivity index (χ0n) is 11.7. The van der Waals surface area contributed by atoms with Crippen molar-refractivity contribution in [3.05, 3.63) is 71.0 Å². The van der Waals surface area contributed by atoms with E-state index in [1.165, 1.54) is 37.6 Å². The number of hydrazone groups is 1. The molecule has 2 rings (SSSR count). The molecule has 1 amide bonds. The Bertz CT molecular complexity index is 712. The van der Waals surface area contributed by atoms with Crippen LogP contribution in [0.5, 0.6) is 0 Å².